The molecular weight excluding hydrogens is 1100 g/mol. The minimum Gasteiger partial charge on any atom is -0.487 e. The minimum absolute atomic E-state index is 0.00353. The van der Waals surface area contributed by atoms with Gasteiger partial charge in [0.15, 0.2) is 0 Å². The van der Waals surface area contributed by atoms with E-state index in [1.807, 2.05) is 141 Å². The van der Waals surface area contributed by atoms with Crippen molar-refractivity contribution in [3.05, 3.63) is 282 Å². The minimum atomic E-state index is -0.533. The lowest BCUT2D eigenvalue weighted by molar-refractivity contribution is 0.0635. The Morgan fingerprint density at radius 3 is 1.01 bits per heavy atom. The second-order valence-corrected chi connectivity index (χ2v) is 26.3. The zero-order valence-electron chi connectivity index (χ0n) is 53.6. The van der Waals surface area contributed by atoms with E-state index in [0.717, 1.165) is 45.7 Å². The third-order valence-corrected chi connectivity index (χ3v) is 14.7. The van der Waals surface area contributed by atoms with E-state index in [-0.39, 0.29) is 34.0 Å². The number of amides is 1. The monoisotopic (exact) mass is 1190 g/mol. The maximum atomic E-state index is 12.1. The molecule has 3 N–H and O–H groups in total. The van der Waals surface area contributed by atoms with E-state index in [4.69, 9.17) is 24.7 Å². The van der Waals surface area contributed by atoms with Gasteiger partial charge in [-0.15, -0.1) is 10.2 Å². The van der Waals surface area contributed by atoms with Gasteiger partial charge in [-0.05, 0) is 180 Å². The molecule has 3 atom stereocenters. The number of nitrogens with zero attached hydrogens (tertiary/aromatic N) is 6. The van der Waals surface area contributed by atoms with Crippen LogP contribution in [0.3, 0.4) is 0 Å². The summed E-state index contributed by atoms with van der Waals surface area (Å²) in [5.74, 6) is 3.24. The number of nitrogens with one attached hydrogen (secondary N) is 1. The Morgan fingerprint density at radius 1 is 0.416 bits per heavy atom. The molecule has 10 rings (SSSR count). The summed E-state index contributed by atoms with van der Waals surface area (Å²) in [6.07, 6.45) is 8.29. The van der Waals surface area contributed by atoms with Crippen LogP contribution in [0.4, 0.5) is 16.2 Å². The first kappa shape index (κ1) is 65.4. The highest BCUT2D eigenvalue weighted by Crippen LogP contribution is 2.44. The Balaban J connectivity index is 0.000000174. The van der Waals surface area contributed by atoms with Crippen molar-refractivity contribution >= 4 is 17.5 Å². The first-order valence-corrected chi connectivity index (χ1v) is 30.2. The summed E-state index contributed by atoms with van der Waals surface area (Å²) < 4.78 is 24.9. The fraction of sp³-hybridized carbons (Fsp3) is 0.289. The molecule has 0 aliphatic rings. The lowest BCUT2D eigenvalue weighted by Crippen LogP contribution is -2.27. The normalized spacial score (nSPS) is 12.6. The molecule has 10 aromatic rings. The molecule has 0 saturated heterocycles. The Hall–Kier alpha value is -9.62. The number of rotatable bonds is 17. The molecule has 0 aliphatic heterocycles. The molecule has 13 heteroatoms. The summed E-state index contributed by atoms with van der Waals surface area (Å²) in [6.45, 7) is 27.2. The van der Waals surface area contributed by atoms with Crippen molar-refractivity contribution in [1.82, 2.24) is 29.7 Å². The van der Waals surface area contributed by atoms with Crippen molar-refractivity contribution in [2.45, 2.75) is 126 Å². The SMILES string of the molecule is CC(C)(C)C(c1ccc(N)cc1)c1ccc(OCc2ccccn2)cc1.CC(C)(C)C(c1ccc(OCc2ccccn2)cc1)c1ccc(-n2cnnc2)cc1.CC(C)(C)OC(=O)Nc1ccc(C(c2ccc(OCc3ccccn3)cc2)C(C)(C)C)cc1. The fourth-order valence-corrected chi connectivity index (χ4v) is 10.8. The smallest absolute Gasteiger partial charge is 0.412 e. The number of pyridine rings is 3. The Bertz CT molecular complexity index is 3690. The van der Waals surface area contributed by atoms with Crippen molar-refractivity contribution < 1.29 is 23.7 Å². The summed E-state index contributed by atoms with van der Waals surface area (Å²) in [5.41, 5.74) is 18.2. The molecule has 4 heterocycles. The van der Waals surface area contributed by atoms with Gasteiger partial charge in [-0.2, -0.15) is 0 Å². The van der Waals surface area contributed by atoms with Crippen LogP contribution in [-0.2, 0) is 24.6 Å². The molecule has 0 spiro atoms. The molecule has 1 amide bonds. The predicted molar refractivity (Wildman–Crippen MR) is 357 cm³/mol. The predicted octanol–water partition coefficient (Wildman–Crippen LogP) is 18.0. The quantitative estimate of drug-likeness (QED) is 0.0835. The molecule has 460 valence electrons. The number of carbonyl (C=O) groups excluding carboxylic acids is 1. The number of nitrogens with two attached hydrogens (primary N) is 1. The van der Waals surface area contributed by atoms with Crippen molar-refractivity contribution in [1.29, 1.82) is 0 Å². The number of benzene rings is 6. The van der Waals surface area contributed by atoms with Crippen LogP contribution in [0.5, 0.6) is 17.2 Å². The van der Waals surface area contributed by atoms with Gasteiger partial charge < -0.3 is 24.7 Å². The van der Waals surface area contributed by atoms with Gasteiger partial charge in [0.2, 0.25) is 0 Å². The van der Waals surface area contributed by atoms with Crippen LogP contribution in [0.15, 0.2) is 231 Å². The zero-order valence-corrected chi connectivity index (χ0v) is 53.6. The van der Waals surface area contributed by atoms with Crippen LogP contribution < -0.4 is 25.3 Å². The highest BCUT2D eigenvalue weighted by Gasteiger charge is 2.31. The van der Waals surface area contributed by atoms with E-state index < -0.39 is 11.7 Å². The Labute approximate surface area is 526 Å². The fourth-order valence-electron chi connectivity index (χ4n) is 10.8. The van der Waals surface area contributed by atoms with Gasteiger partial charge in [0.05, 0.1) is 17.1 Å². The Morgan fingerprint density at radius 2 is 0.719 bits per heavy atom. The van der Waals surface area contributed by atoms with Crippen molar-refractivity contribution in [3.63, 3.8) is 0 Å². The molecule has 0 saturated carbocycles. The number of nitrogen functional groups attached to an aromatic ring is 1. The molecule has 0 bridgehead atoms. The van der Waals surface area contributed by atoms with Crippen molar-refractivity contribution in [2.75, 3.05) is 11.1 Å². The number of hydrogen-bond donors (Lipinski definition) is 2. The van der Waals surface area contributed by atoms with E-state index in [9.17, 15) is 4.79 Å². The summed E-state index contributed by atoms with van der Waals surface area (Å²) in [7, 11) is 0. The van der Waals surface area contributed by atoms with Crippen molar-refractivity contribution in [3.8, 4) is 22.9 Å². The van der Waals surface area contributed by atoms with E-state index >= 15 is 0 Å². The van der Waals surface area contributed by atoms with Gasteiger partial charge >= 0.3 is 6.09 Å². The van der Waals surface area contributed by atoms with Gasteiger partial charge in [-0.3, -0.25) is 24.8 Å². The van der Waals surface area contributed by atoms with Crippen LogP contribution in [0.2, 0.25) is 0 Å². The highest BCUT2D eigenvalue weighted by molar-refractivity contribution is 5.84. The van der Waals surface area contributed by atoms with E-state index in [1.54, 1.807) is 31.2 Å². The van der Waals surface area contributed by atoms with Crippen LogP contribution >= 0.6 is 0 Å². The molecular formula is C76H86N8O5. The van der Waals surface area contributed by atoms with Crippen molar-refractivity contribution in [2.24, 2.45) is 16.2 Å². The summed E-state index contributed by atoms with van der Waals surface area (Å²) in [4.78, 5) is 24.9. The zero-order chi connectivity index (χ0) is 63.6. The van der Waals surface area contributed by atoms with E-state index in [0.29, 0.717) is 25.5 Å². The van der Waals surface area contributed by atoms with Crippen LogP contribution in [0, 0.1) is 16.2 Å². The summed E-state index contributed by atoms with van der Waals surface area (Å²) >= 11 is 0. The van der Waals surface area contributed by atoms with E-state index in [2.05, 4.69) is 178 Å². The molecule has 13 nitrogen and oxygen atoms in total. The van der Waals surface area contributed by atoms with Crippen LogP contribution in [-0.4, -0.2) is 41.4 Å². The summed E-state index contributed by atoms with van der Waals surface area (Å²) in [6, 6.07) is 67.3. The van der Waals surface area contributed by atoms with Gasteiger partial charge in [0, 0.05) is 53.4 Å². The van der Waals surface area contributed by atoms with Crippen LogP contribution in [0.1, 0.15) is 151 Å². The molecule has 0 aliphatic carbocycles. The third kappa shape index (κ3) is 20.0. The average molecular weight is 1190 g/mol. The first-order valence-electron chi connectivity index (χ1n) is 30.2. The maximum Gasteiger partial charge on any atom is 0.412 e. The number of carbonyl (C=O) groups is 1. The molecule has 0 fully saturated rings. The third-order valence-electron chi connectivity index (χ3n) is 14.7. The number of anilines is 2. The lowest BCUT2D eigenvalue weighted by Gasteiger charge is -2.32. The topological polar surface area (TPSA) is 161 Å². The summed E-state index contributed by atoms with van der Waals surface area (Å²) in [5, 5.41) is 10.6. The van der Waals surface area contributed by atoms with E-state index in [1.165, 1.54) is 33.4 Å². The molecule has 3 unspecified atom stereocenters. The molecule has 6 aromatic carbocycles. The average Bonchev–Trinajstić information content (AvgIpc) is 2.99. The standard InChI is InChI=1S/C28H34N2O3.C25H26N4O.C23H26N2O/c1-27(2,3)25(20-10-14-22(15-11-20)30-26(31)33-28(4,5)6)21-12-16-24(17-13-21)32-19-23-9-7-8-18-29-23;1-25(2,3)24(19-7-11-22(12-8-19)29-17-27-28-18-29)20-9-13-23(14-10-20)30-16-21-6-4-5-15-26-21;1-23(2,3)22(17-7-11-19(24)12-8-17)18-9-13-21(14-10-18)26-16-20-6-4-5-15-25-20/h7-18,25H,19H2,1-6H3,(H,30,31);4-15,17-18,24H,16H2,1-3H3;4-15,22H,16,24H2,1-3H3. The highest BCUT2D eigenvalue weighted by atomic mass is 16.6. The Kier molecular flexibility index (Phi) is 21.9. The maximum absolute atomic E-state index is 12.1. The number of ether oxygens (including phenoxy) is 4. The lowest BCUT2D eigenvalue weighted by atomic mass is 9.72. The molecule has 0 radical (unpaired) electrons. The number of hydrogen-bond acceptors (Lipinski definition) is 11. The van der Waals surface area contributed by atoms with Gasteiger partial charge in [0.1, 0.15) is 55.3 Å². The van der Waals surface area contributed by atoms with Gasteiger partial charge in [-0.25, -0.2) is 4.79 Å². The molecule has 4 aromatic heterocycles. The van der Waals surface area contributed by atoms with Crippen LogP contribution in [0.25, 0.3) is 5.69 Å². The second-order valence-electron chi connectivity index (χ2n) is 26.3. The van der Waals surface area contributed by atoms with Gasteiger partial charge in [-0.1, -0.05) is 153 Å². The first-order chi connectivity index (χ1) is 42.4. The van der Waals surface area contributed by atoms with Gasteiger partial charge in [0.25, 0.3) is 0 Å². The second kappa shape index (κ2) is 29.9. The number of aromatic nitrogens is 6. The largest absolute Gasteiger partial charge is 0.487 e. The molecule has 89 heavy (non-hydrogen) atoms.